The molecule has 5 rings (SSSR count). The molecule has 5 aromatic rings. The number of rotatable bonds is 5. The van der Waals surface area contributed by atoms with Crippen molar-refractivity contribution in [1.82, 2.24) is 30.1 Å². The molecule has 31 heavy (non-hydrogen) atoms. The van der Waals surface area contributed by atoms with E-state index in [4.69, 9.17) is 4.98 Å². The van der Waals surface area contributed by atoms with Crippen molar-refractivity contribution in [3.63, 3.8) is 0 Å². The summed E-state index contributed by atoms with van der Waals surface area (Å²) in [4.78, 5) is 28.7. The molecule has 0 aliphatic rings. The summed E-state index contributed by atoms with van der Waals surface area (Å²) in [7, 11) is 0. The molecule has 5 heterocycles. The molecule has 3 N–H and O–H groups in total. The quantitative estimate of drug-likeness (QED) is 0.393. The number of carbonyl (C=O) groups is 1. The molecule has 0 radical (unpaired) electrons. The van der Waals surface area contributed by atoms with Crippen LogP contribution in [0, 0.1) is 5.92 Å². The average Bonchev–Trinajstić information content (AvgIpc) is 3.36. The summed E-state index contributed by atoms with van der Waals surface area (Å²) >= 11 is 0. The lowest BCUT2D eigenvalue weighted by atomic mass is 10.1. The molecular formula is C23H21N7O. The summed E-state index contributed by atoms with van der Waals surface area (Å²) in [5.74, 6) is 0.267. The lowest BCUT2D eigenvalue weighted by Gasteiger charge is -2.08. The van der Waals surface area contributed by atoms with Gasteiger partial charge in [-0.15, -0.1) is 0 Å². The molecule has 0 aliphatic heterocycles. The zero-order chi connectivity index (χ0) is 21.4. The van der Waals surface area contributed by atoms with E-state index in [0.29, 0.717) is 18.0 Å². The maximum absolute atomic E-state index is 12.1. The summed E-state index contributed by atoms with van der Waals surface area (Å²) in [6.07, 6.45) is 7.39. The van der Waals surface area contributed by atoms with E-state index in [-0.39, 0.29) is 5.91 Å². The van der Waals surface area contributed by atoms with Crippen LogP contribution in [0.25, 0.3) is 44.6 Å². The predicted molar refractivity (Wildman–Crippen MR) is 120 cm³/mol. The molecule has 154 valence electrons. The standard InChI is InChI=1S/C23H21N7O/c1-13(2)7-21(31)26-16-8-15(10-25-11-16)17-3-4-18-22(28-17)23(30-29-18)19-9-14-5-6-24-12-20(14)27-19/h3-6,8-13,27H,7H2,1-2H3,(H,26,31)(H,29,30). The molecule has 0 aliphatic carbocycles. The van der Waals surface area contributed by atoms with E-state index in [1.54, 1.807) is 24.8 Å². The Morgan fingerprint density at radius 3 is 2.81 bits per heavy atom. The zero-order valence-corrected chi connectivity index (χ0v) is 17.2. The van der Waals surface area contributed by atoms with Gasteiger partial charge in [-0.05, 0) is 36.2 Å². The van der Waals surface area contributed by atoms with E-state index >= 15 is 0 Å². The number of anilines is 1. The van der Waals surface area contributed by atoms with Crippen LogP contribution >= 0.6 is 0 Å². The maximum Gasteiger partial charge on any atom is 0.224 e. The average molecular weight is 411 g/mol. The molecule has 1 amide bonds. The lowest BCUT2D eigenvalue weighted by molar-refractivity contribution is -0.116. The fourth-order valence-corrected chi connectivity index (χ4v) is 3.58. The van der Waals surface area contributed by atoms with Crippen LogP contribution in [0.2, 0.25) is 0 Å². The van der Waals surface area contributed by atoms with Gasteiger partial charge < -0.3 is 10.3 Å². The molecule has 5 aromatic heterocycles. The number of amides is 1. The van der Waals surface area contributed by atoms with Crippen molar-refractivity contribution < 1.29 is 4.79 Å². The Kier molecular flexibility index (Phi) is 4.66. The van der Waals surface area contributed by atoms with E-state index in [1.165, 1.54) is 0 Å². The van der Waals surface area contributed by atoms with Crippen molar-refractivity contribution in [1.29, 1.82) is 0 Å². The predicted octanol–water partition coefficient (Wildman–Crippen LogP) is 4.55. The highest BCUT2D eigenvalue weighted by Crippen LogP contribution is 2.29. The zero-order valence-electron chi connectivity index (χ0n) is 17.2. The molecule has 0 saturated heterocycles. The fourth-order valence-electron chi connectivity index (χ4n) is 3.58. The Morgan fingerprint density at radius 1 is 1.06 bits per heavy atom. The van der Waals surface area contributed by atoms with Gasteiger partial charge in [0.1, 0.15) is 11.2 Å². The lowest BCUT2D eigenvalue weighted by Crippen LogP contribution is -2.13. The number of carbonyl (C=O) groups excluding carboxylic acids is 1. The molecule has 8 heteroatoms. The van der Waals surface area contributed by atoms with Crippen molar-refractivity contribution in [2.75, 3.05) is 5.32 Å². The number of nitrogens with zero attached hydrogens (tertiary/aromatic N) is 4. The highest BCUT2D eigenvalue weighted by atomic mass is 16.1. The van der Waals surface area contributed by atoms with Gasteiger partial charge in [-0.3, -0.25) is 19.9 Å². The molecule has 0 aromatic carbocycles. The van der Waals surface area contributed by atoms with Crippen LogP contribution in [0.15, 0.2) is 55.1 Å². The summed E-state index contributed by atoms with van der Waals surface area (Å²) in [5.41, 5.74) is 6.36. The third-order valence-corrected chi connectivity index (χ3v) is 5.00. The molecule has 0 fully saturated rings. The minimum Gasteiger partial charge on any atom is -0.352 e. The van der Waals surface area contributed by atoms with Gasteiger partial charge in [-0.1, -0.05) is 13.8 Å². The summed E-state index contributed by atoms with van der Waals surface area (Å²) < 4.78 is 0. The molecule has 0 atom stereocenters. The number of nitrogens with one attached hydrogen (secondary N) is 3. The Balaban J connectivity index is 1.51. The van der Waals surface area contributed by atoms with Crippen molar-refractivity contribution >= 4 is 33.5 Å². The molecule has 0 bridgehead atoms. The first-order valence-electron chi connectivity index (χ1n) is 10.1. The first-order valence-corrected chi connectivity index (χ1v) is 10.1. The molecule has 8 nitrogen and oxygen atoms in total. The third-order valence-electron chi connectivity index (χ3n) is 5.00. The molecule has 0 spiro atoms. The van der Waals surface area contributed by atoms with Crippen molar-refractivity contribution in [3.8, 4) is 22.6 Å². The van der Waals surface area contributed by atoms with Gasteiger partial charge in [0, 0.05) is 29.8 Å². The number of H-pyrrole nitrogens is 2. The Labute approximate surface area is 178 Å². The number of fused-ring (bicyclic) bond motifs is 2. The van der Waals surface area contributed by atoms with Gasteiger partial charge in [-0.25, -0.2) is 4.98 Å². The second kappa shape index (κ2) is 7.64. The van der Waals surface area contributed by atoms with E-state index in [1.807, 2.05) is 44.2 Å². The van der Waals surface area contributed by atoms with Crippen LogP contribution in [-0.4, -0.2) is 36.0 Å². The van der Waals surface area contributed by atoms with Crippen molar-refractivity contribution in [2.24, 2.45) is 5.92 Å². The van der Waals surface area contributed by atoms with E-state index in [2.05, 4.69) is 30.5 Å². The highest BCUT2D eigenvalue weighted by Gasteiger charge is 2.14. The van der Waals surface area contributed by atoms with Crippen molar-refractivity contribution in [3.05, 3.63) is 55.1 Å². The van der Waals surface area contributed by atoms with Crippen LogP contribution in [0.5, 0.6) is 0 Å². The second-order valence-electron chi connectivity index (χ2n) is 7.92. The van der Waals surface area contributed by atoms with Gasteiger partial charge in [0.15, 0.2) is 0 Å². The van der Waals surface area contributed by atoms with Gasteiger partial charge >= 0.3 is 0 Å². The number of pyridine rings is 3. The van der Waals surface area contributed by atoms with E-state index in [0.717, 1.165) is 44.6 Å². The second-order valence-corrected chi connectivity index (χ2v) is 7.92. The largest absolute Gasteiger partial charge is 0.352 e. The monoisotopic (exact) mass is 411 g/mol. The smallest absolute Gasteiger partial charge is 0.224 e. The maximum atomic E-state index is 12.1. The van der Waals surface area contributed by atoms with Gasteiger partial charge in [-0.2, -0.15) is 5.10 Å². The highest BCUT2D eigenvalue weighted by molar-refractivity contribution is 5.94. The molecule has 0 saturated carbocycles. The van der Waals surface area contributed by atoms with Gasteiger partial charge in [0.05, 0.1) is 40.5 Å². The van der Waals surface area contributed by atoms with Crippen LogP contribution in [0.1, 0.15) is 20.3 Å². The Bertz CT molecular complexity index is 1370. The van der Waals surface area contributed by atoms with Crippen LogP contribution in [0.4, 0.5) is 5.69 Å². The van der Waals surface area contributed by atoms with Gasteiger partial charge in [0.25, 0.3) is 0 Å². The number of hydrogen-bond acceptors (Lipinski definition) is 5. The topological polar surface area (TPSA) is 112 Å². The van der Waals surface area contributed by atoms with Crippen molar-refractivity contribution in [2.45, 2.75) is 20.3 Å². The summed E-state index contributed by atoms with van der Waals surface area (Å²) in [6.45, 7) is 4.03. The van der Waals surface area contributed by atoms with E-state index in [9.17, 15) is 4.79 Å². The number of aromatic amines is 2. The number of aromatic nitrogens is 6. The number of hydrogen-bond donors (Lipinski definition) is 3. The first kappa shape index (κ1) is 18.9. The van der Waals surface area contributed by atoms with Crippen LogP contribution in [-0.2, 0) is 4.79 Å². The summed E-state index contributed by atoms with van der Waals surface area (Å²) in [5, 5.41) is 11.5. The van der Waals surface area contributed by atoms with E-state index < -0.39 is 0 Å². The first-order chi connectivity index (χ1) is 15.1. The Hall–Kier alpha value is -4.07. The summed E-state index contributed by atoms with van der Waals surface area (Å²) in [6, 6.07) is 9.73. The molecular weight excluding hydrogens is 390 g/mol. The molecule has 0 unspecified atom stereocenters. The SMILES string of the molecule is CC(C)CC(=O)Nc1cncc(-c2ccc3[nH]nc(-c4cc5ccncc5[nH]4)c3n2)c1. The van der Waals surface area contributed by atoms with Gasteiger partial charge in [0.2, 0.25) is 5.91 Å². The minimum atomic E-state index is -0.0252. The normalized spacial score (nSPS) is 11.5. The Morgan fingerprint density at radius 2 is 1.97 bits per heavy atom. The van der Waals surface area contributed by atoms with Crippen LogP contribution in [0.3, 0.4) is 0 Å². The third kappa shape index (κ3) is 3.75. The van der Waals surface area contributed by atoms with Crippen LogP contribution < -0.4 is 5.32 Å². The fraction of sp³-hybridized carbons (Fsp3) is 0.174. The minimum absolute atomic E-state index is 0.0252.